The second-order valence-electron chi connectivity index (χ2n) is 5.40. The summed E-state index contributed by atoms with van der Waals surface area (Å²) in [5, 5.41) is 0. The van der Waals surface area contributed by atoms with Gasteiger partial charge in [0, 0.05) is 32.2 Å². The van der Waals surface area contributed by atoms with Gasteiger partial charge in [-0.1, -0.05) is 0 Å². The molecule has 2 saturated heterocycles. The SMILES string of the molecule is CC1CCCCN1C(=O)CN1CCOC(CN)C1. The standard InChI is InChI=1S/C13H25N3O2/c1-11-4-2-3-5-16(11)13(17)10-15-6-7-18-12(8-14)9-15/h11-12H,2-10,14H2,1H3. The lowest BCUT2D eigenvalue weighted by Gasteiger charge is -2.37. The Bertz CT molecular complexity index is 285. The van der Waals surface area contributed by atoms with Gasteiger partial charge in [-0.15, -0.1) is 0 Å². The Balaban J connectivity index is 1.82. The first-order valence-corrected chi connectivity index (χ1v) is 7.04. The molecule has 2 aliphatic heterocycles. The Morgan fingerprint density at radius 3 is 2.94 bits per heavy atom. The van der Waals surface area contributed by atoms with E-state index in [2.05, 4.69) is 11.8 Å². The summed E-state index contributed by atoms with van der Waals surface area (Å²) in [4.78, 5) is 16.5. The van der Waals surface area contributed by atoms with E-state index in [-0.39, 0.29) is 12.0 Å². The number of carbonyl (C=O) groups excluding carboxylic acids is 1. The van der Waals surface area contributed by atoms with Gasteiger partial charge < -0.3 is 15.4 Å². The first-order valence-electron chi connectivity index (χ1n) is 7.04. The molecule has 0 aromatic carbocycles. The highest BCUT2D eigenvalue weighted by molar-refractivity contribution is 5.78. The minimum absolute atomic E-state index is 0.0883. The molecule has 0 spiro atoms. The normalized spacial score (nSPS) is 30.4. The molecule has 5 heteroatoms. The molecule has 2 aliphatic rings. The van der Waals surface area contributed by atoms with Crippen LogP contribution in [-0.2, 0) is 9.53 Å². The fraction of sp³-hybridized carbons (Fsp3) is 0.923. The zero-order valence-electron chi connectivity index (χ0n) is 11.3. The van der Waals surface area contributed by atoms with Gasteiger partial charge in [0.2, 0.25) is 5.91 Å². The lowest BCUT2D eigenvalue weighted by Crippen LogP contribution is -2.51. The van der Waals surface area contributed by atoms with Gasteiger partial charge in [-0.2, -0.15) is 0 Å². The maximum atomic E-state index is 12.3. The molecule has 2 N–H and O–H groups in total. The lowest BCUT2D eigenvalue weighted by molar-refractivity contribution is -0.137. The number of nitrogens with two attached hydrogens (primary N) is 1. The first kappa shape index (κ1) is 13.8. The molecule has 0 saturated carbocycles. The summed E-state index contributed by atoms with van der Waals surface area (Å²) in [6, 6.07) is 0.401. The predicted molar refractivity (Wildman–Crippen MR) is 70.3 cm³/mol. The van der Waals surface area contributed by atoms with Gasteiger partial charge in [0.05, 0.1) is 19.3 Å². The molecule has 0 bridgehead atoms. The van der Waals surface area contributed by atoms with Crippen molar-refractivity contribution >= 4 is 5.91 Å². The summed E-state index contributed by atoms with van der Waals surface area (Å²) >= 11 is 0. The molecule has 2 unspecified atom stereocenters. The highest BCUT2D eigenvalue weighted by atomic mass is 16.5. The smallest absolute Gasteiger partial charge is 0.236 e. The quantitative estimate of drug-likeness (QED) is 0.774. The minimum Gasteiger partial charge on any atom is -0.374 e. The van der Waals surface area contributed by atoms with Gasteiger partial charge in [-0.05, 0) is 26.2 Å². The van der Waals surface area contributed by atoms with Crippen LogP contribution >= 0.6 is 0 Å². The van der Waals surface area contributed by atoms with Crippen LogP contribution in [0, 0.1) is 0 Å². The second kappa shape index (κ2) is 6.50. The number of nitrogens with zero attached hydrogens (tertiary/aromatic N) is 2. The maximum absolute atomic E-state index is 12.3. The Kier molecular flexibility index (Phi) is 4.97. The number of morpholine rings is 1. The van der Waals surface area contributed by atoms with Gasteiger partial charge in [0.15, 0.2) is 0 Å². The fourth-order valence-electron chi connectivity index (χ4n) is 2.82. The summed E-state index contributed by atoms with van der Waals surface area (Å²) < 4.78 is 5.51. The molecule has 0 aliphatic carbocycles. The molecule has 2 fully saturated rings. The molecule has 1 amide bonds. The van der Waals surface area contributed by atoms with E-state index < -0.39 is 0 Å². The van der Waals surface area contributed by atoms with Gasteiger partial charge in [0.25, 0.3) is 0 Å². The van der Waals surface area contributed by atoms with Crippen molar-refractivity contribution in [1.82, 2.24) is 9.80 Å². The number of ether oxygens (including phenoxy) is 1. The number of rotatable bonds is 3. The minimum atomic E-state index is 0.0883. The van der Waals surface area contributed by atoms with E-state index in [0.717, 1.165) is 32.5 Å². The number of hydrogen-bond acceptors (Lipinski definition) is 4. The van der Waals surface area contributed by atoms with E-state index in [0.29, 0.717) is 25.7 Å². The summed E-state index contributed by atoms with van der Waals surface area (Å²) in [6.45, 7) is 6.43. The third-order valence-electron chi connectivity index (χ3n) is 3.97. The van der Waals surface area contributed by atoms with Gasteiger partial charge in [0.1, 0.15) is 0 Å². The number of amides is 1. The van der Waals surface area contributed by atoms with Crippen molar-refractivity contribution < 1.29 is 9.53 Å². The molecular formula is C13H25N3O2. The Morgan fingerprint density at radius 1 is 1.39 bits per heavy atom. The lowest BCUT2D eigenvalue weighted by atomic mass is 10.0. The van der Waals surface area contributed by atoms with Crippen LogP contribution in [0.15, 0.2) is 0 Å². The van der Waals surface area contributed by atoms with Crippen LogP contribution in [0.2, 0.25) is 0 Å². The van der Waals surface area contributed by atoms with Crippen LogP contribution in [-0.4, -0.2) is 67.2 Å². The molecule has 2 rings (SSSR count). The number of likely N-dealkylation sites (tertiary alicyclic amines) is 1. The summed E-state index contributed by atoms with van der Waals surface area (Å²) in [7, 11) is 0. The van der Waals surface area contributed by atoms with Crippen LogP contribution < -0.4 is 5.73 Å². The second-order valence-corrected chi connectivity index (χ2v) is 5.40. The number of piperidine rings is 1. The Hall–Kier alpha value is -0.650. The van der Waals surface area contributed by atoms with Gasteiger partial charge in [-0.3, -0.25) is 9.69 Å². The van der Waals surface area contributed by atoms with E-state index >= 15 is 0 Å². The van der Waals surface area contributed by atoms with Crippen LogP contribution in [0.3, 0.4) is 0 Å². The molecule has 18 heavy (non-hydrogen) atoms. The third kappa shape index (κ3) is 3.43. The summed E-state index contributed by atoms with van der Waals surface area (Å²) in [6.07, 6.45) is 3.62. The van der Waals surface area contributed by atoms with Crippen LogP contribution in [0.25, 0.3) is 0 Å². The fourth-order valence-corrected chi connectivity index (χ4v) is 2.82. The Morgan fingerprint density at radius 2 is 2.22 bits per heavy atom. The molecule has 2 heterocycles. The summed E-state index contributed by atoms with van der Waals surface area (Å²) in [5.41, 5.74) is 5.61. The van der Waals surface area contributed by atoms with Crippen molar-refractivity contribution in [2.45, 2.75) is 38.3 Å². The van der Waals surface area contributed by atoms with E-state index in [4.69, 9.17) is 10.5 Å². The zero-order valence-corrected chi connectivity index (χ0v) is 11.3. The third-order valence-corrected chi connectivity index (χ3v) is 3.97. The molecule has 0 aromatic rings. The van der Waals surface area contributed by atoms with Gasteiger partial charge in [-0.25, -0.2) is 0 Å². The topological polar surface area (TPSA) is 58.8 Å². The van der Waals surface area contributed by atoms with Crippen LogP contribution in [0.5, 0.6) is 0 Å². The highest BCUT2D eigenvalue weighted by Crippen LogP contribution is 2.17. The predicted octanol–water partition coefficient (Wildman–Crippen LogP) is 0.0469. The summed E-state index contributed by atoms with van der Waals surface area (Å²) in [5.74, 6) is 0.264. The number of hydrogen-bond donors (Lipinski definition) is 1. The van der Waals surface area contributed by atoms with Crippen LogP contribution in [0.4, 0.5) is 0 Å². The number of carbonyl (C=O) groups is 1. The van der Waals surface area contributed by atoms with Crippen molar-refractivity contribution in [2.24, 2.45) is 5.73 Å². The monoisotopic (exact) mass is 255 g/mol. The molecule has 104 valence electrons. The van der Waals surface area contributed by atoms with Crippen molar-refractivity contribution in [2.75, 3.05) is 39.3 Å². The van der Waals surface area contributed by atoms with Crippen molar-refractivity contribution in [3.05, 3.63) is 0 Å². The average molecular weight is 255 g/mol. The Labute approximate surface area is 109 Å². The maximum Gasteiger partial charge on any atom is 0.236 e. The molecule has 2 atom stereocenters. The highest BCUT2D eigenvalue weighted by Gasteiger charge is 2.26. The van der Waals surface area contributed by atoms with Crippen LogP contribution in [0.1, 0.15) is 26.2 Å². The molecular weight excluding hydrogens is 230 g/mol. The van der Waals surface area contributed by atoms with Crippen molar-refractivity contribution in [3.63, 3.8) is 0 Å². The largest absolute Gasteiger partial charge is 0.374 e. The molecule has 0 radical (unpaired) electrons. The zero-order chi connectivity index (χ0) is 13.0. The van der Waals surface area contributed by atoms with E-state index in [1.807, 2.05) is 4.90 Å². The van der Waals surface area contributed by atoms with E-state index in [1.165, 1.54) is 6.42 Å². The molecule has 5 nitrogen and oxygen atoms in total. The van der Waals surface area contributed by atoms with Crippen molar-refractivity contribution in [1.29, 1.82) is 0 Å². The molecule has 0 aromatic heterocycles. The van der Waals surface area contributed by atoms with Crippen molar-refractivity contribution in [3.8, 4) is 0 Å². The van der Waals surface area contributed by atoms with E-state index in [1.54, 1.807) is 0 Å². The van der Waals surface area contributed by atoms with Gasteiger partial charge >= 0.3 is 0 Å². The van der Waals surface area contributed by atoms with E-state index in [9.17, 15) is 4.79 Å². The average Bonchev–Trinajstić information content (AvgIpc) is 2.39. The first-order chi connectivity index (χ1) is 8.70.